The van der Waals surface area contributed by atoms with Gasteiger partial charge in [-0.25, -0.2) is 0 Å². The molecule has 0 nitrogen and oxygen atoms in total. The van der Waals surface area contributed by atoms with Crippen molar-refractivity contribution in [3.05, 3.63) is 0 Å². The Labute approximate surface area is 93.8 Å². The fourth-order valence-corrected chi connectivity index (χ4v) is 5.14. The molecule has 1 fully saturated rings. The van der Waals surface area contributed by atoms with Crippen molar-refractivity contribution in [2.24, 2.45) is 0 Å². The van der Waals surface area contributed by atoms with Crippen LogP contribution in [0.15, 0.2) is 0 Å². The first kappa shape index (κ1) is 13.1. The minimum Gasteiger partial charge on any atom is -0.270 e. The molecule has 0 amide bonds. The Balaban J connectivity index is 2.73. The third kappa shape index (κ3) is 2.80. The molecule has 0 N–H and O–H groups in total. The molecule has 0 aromatic rings. The summed E-state index contributed by atoms with van der Waals surface area (Å²) in [6.07, 6.45) is 6.54. The number of hydrogen-bond acceptors (Lipinski definition) is 0. The van der Waals surface area contributed by atoms with E-state index in [9.17, 15) is 8.22 Å². The lowest BCUT2D eigenvalue weighted by atomic mass is 10.1. The van der Waals surface area contributed by atoms with E-state index in [1.165, 1.54) is 0 Å². The molecule has 0 aromatic heterocycles. The maximum Gasteiger partial charge on any atom is 0.433 e. The molecule has 1 rings (SSSR count). The molecule has 0 aliphatic heterocycles. The lowest BCUT2D eigenvalue weighted by molar-refractivity contribution is 0.415. The van der Waals surface area contributed by atoms with Crippen LogP contribution in [0.3, 0.4) is 0 Å². The molecule has 15 heavy (non-hydrogen) atoms. The van der Waals surface area contributed by atoms with Crippen molar-refractivity contribution < 1.29 is 8.22 Å². The molecule has 0 atom stereocenters. The molecule has 0 spiro atoms. The molecule has 0 aromatic carbocycles. The summed E-state index contributed by atoms with van der Waals surface area (Å²) in [4.78, 5) is 0. The molecule has 1 saturated carbocycles. The molecule has 1 aliphatic rings. The average Bonchev–Trinajstić information content (AvgIpc) is 2.45. The Morgan fingerprint density at radius 3 is 1.93 bits per heavy atom. The van der Waals surface area contributed by atoms with Gasteiger partial charge in [0.1, 0.15) is 0 Å². The SMILES string of the molecule is CCC(C)(C)[Si](F)(F)C1CCCCCC1. The van der Waals surface area contributed by atoms with E-state index in [-0.39, 0.29) is 5.54 Å². The van der Waals surface area contributed by atoms with Gasteiger partial charge >= 0.3 is 8.74 Å². The van der Waals surface area contributed by atoms with E-state index in [0.29, 0.717) is 6.42 Å². The van der Waals surface area contributed by atoms with Gasteiger partial charge in [-0.1, -0.05) is 46.5 Å². The molecule has 0 bridgehead atoms. The van der Waals surface area contributed by atoms with Crippen molar-refractivity contribution >= 4 is 8.74 Å². The Morgan fingerprint density at radius 1 is 1.07 bits per heavy atom. The third-order valence-electron chi connectivity index (χ3n) is 4.15. The largest absolute Gasteiger partial charge is 0.433 e. The zero-order chi connectivity index (χ0) is 11.5. The first-order valence-corrected chi connectivity index (χ1v) is 8.13. The van der Waals surface area contributed by atoms with Crippen LogP contribution in [-0.4, -0.2) is 8.74 Å². The molecule has 3 heteroatoms. The normalized spacial score (nSPS) is 21.4. The maximum atomic E-state index is 14.4. The van der Waals surface area contributed by atoms with Crippen molar-refractivity contribution in [3.8, 4) is 0 Å². The fraction of sp³-hybridized carbons (Fsp3) is 1.00. The zero-order valence-corrected chi connectivity index (χ0v) is 11.3. The fourth-order valence-electron chi connectivity index (χ4n) is 2.43. The summed E-state index contributed by atoms with van der Waals surface area (Å²) in [7, 11) is -4.06. The van der Waals surface area contributed by atoms with Gasteiger partial charge in [0.15, 0.2) is 0 Å². The molecular formula is C12H24F2Si. The quantitative estimate of drug-likeness (QED) is 0.354. The van der Waals surface area contributed by atoms with Gasteiger partial charge in [-0.3, -0.25) is 8.22 Å². The summed E-state index contributed by atoms with van der Waals surface area (Å²) in [5.41, 5.74) is -0.241. The second kappa shape index (κ2) is 4.94. The number of hydrogen-bond donors (Lipinski definition) is 0. The van der Waals surface area contributed by atoms with Gasteiger partial charge in [0, 0.05) is 10.6 Å². The molecule has 90 valence electrons. The molecule has 0 radical (unpaired) electrons. The van der Waals surface area contributed by atoms with Crippen molar-refractivity contribution in [2.75, 3.05) is 0 Å². The molecular weight excluding hydrogens is 210 g/mol. The second-order valence-corrected chi connectivity index (χ2v) is 8.96. The first-order valence-electron chi connectivity index (χ1n) is 6.29. The van der Waals surface area contributed by atoms with Crippen molar-refractivity contribution in [3.63, 3.8) is 0 Å². The van der Waals surface area contributed by atoms with Crippen LogP contribution in [0.1, 0.15) is 65.7 Å². The van der Waals surface area contributed by atoms with Gasteiger partial charge in [-0.15, -0.1) is 0 Å². The van der Waals surface area contributed by atoms with Gasteiger partial charge in [0.05, 0.1) is 0 Å². The van der Waals surface area contributed by atoms with Crippen LogP contribution in [0.4, 0.5) is 8.22 Å². The first-order chi connectivity index (χ1) is 6.92. The van der Waals surface area contributed by atoms with Crippen molar-refractivity contribution in [1.29, 1.82) is 0 Å². The summed E-state index contributed by atoms with van der Waals surface area (Å²) in [5.74, 6) is 0. The van der Waals surface area contributed by atoms with Gasteiger partial charge in [-0.2, -0.15) is 0 Å². The molecule has 0 heterocycles. The lowest BCUT2D eigenvalue weighted by Gasteiger charge is -2.35. The van der Waals surface area contributed by atoms with Gasteiger partial charge in [0.2, 0.25) is 0 Å². The second-order valence-electron chi connectivity index (χ2n) is 5.55. The monoisotopic (exact) mass is 234 g/mol. The minimum atomic E-state index is -4.06. The summed E-state index contributed by atoms with van der Waals surface area (Å²) in [6.45, 7) is 5.44. The highest BCUT2D eigenvalue weighted by Gasteiger charge is 2.55. The highest BCUT2D eigenvalue weighted by atomic mass is 28.4. The van der Waals surface area contributed by atoms with E-state index in [0.717, 1.165) is 38.5 Å². The Kier molecular flexibility index (Phi) is 4.33. The van der Waals surface area contributed by atoms with E-state index in [4.69, 9.17) is 0 Å². The van der Waals surface area contributed by atoms with Crippen LogP contribution in [0.25, 0.3) is 0 Å². The van der Waals surface area contributed by atoms with Crippen molar-refractivity contribution in [1.82, 2.24) is 0 Å². The summed E-state index contributed by atoms with van der Waals surface area (Å²) < 4.78 is 28.8. The predicted molar refractivity (Wildman–Crippen MR) is 63.8 cm³/mol. The predicted octanol–water partition coefficient (Wildman–Crippen LogP) is 5.28. The van der Waals surface area contributed by atoms with Crippen LogP contribution < -0.4 is 0 Å². The molecule has 1 aliphatic carbocycles. The van der Waals surface area contributed by atoms with E-state index >= 15 is 0 Å². The van der Waals surface area contributed by atoms with E-state index in [1.54, 1.807) is 13.8 Å². The van der Waals surface area contributed by atoms with Gasteiger partial charge < -0.3 is 0 Å². The van der Waals surface area contributed by atoms with Crippen LogP contribution in [0.2, 0.25) is 10.6 Å². The van der Waals surface area contributed by atoms with Gasteiger partial charge in [0.25, 0.3) is 0 Å². The third-order valence-corrected chi connectivity index (χ3v) is 7.92. The highest BCUT2D eigenvalue weighted by molar-refractivity contribution is 6.70. The molecule has 0 unspecified atom stereocenters. The average molecular weight is 234 g/mol. The standard InChI is InChI=1S/C12H24F2Si/c1-4-12(2,3)15(13,14)11-9-7-5-6-8-10-11/h11H,4-10H2,1-3H3. The van der Waals surface area contributed by atoms with E-state index < -0.39 is 13.8 Å². The summed E-state index contributed by atoms with van der Waals surface area (Å²) in [6, 6.07) is 0. The number of rotatable bonds is 3. The molecule has 0 saturated heterocycles. The van der Waals surface area contributed by atoms with Gasteiger partial charge in [-0.05, 0) is 19.3 Å². The van der Waals surface area contributed by atoms with Crippen LogP contribution >= 0.6 is 0 Å². The number of halogens is 2. The Bertz CT molecular complexity index is 194. The Hall–Kier alpha value is 0.0769. The van der Waals surface area contributed by atoms with Crippen LogP contribution in [-0.2, 0) is 0 Å². The topological polar surface area (TPSA) is 0 Å². The van der Waals surface area contributed by atoms with Crippen LogP contribution in [0, 0.1) is 0 Å². The summed E-state index contributed by atoms with van der Waals surface area (Å²) in [5, 5.41) is -0.706. The minimum absolute atomic E-state index is 0.241. The van der Waals surface area contributed by atoms with E-state index in [2.05, 4.69) is 0 Å². The van der Waals surface area contributed by atoms with Crippen LogP contribution in [0.5, 0.6) is 0 Å². The lowest BCUT2D eigenvalue weighted by Crippen LogP contribution is -2.41. The maximum absolute atomic E-state index is 14.4. The zero-order valence-electron chi connectivity index (χ0n) is 10.3. The van der Waals surface area contributed by atoms with E-state index in [1.807, 2.05) is 6.92 Å². The Morgan fingerprint density at radius 2 is 1.53 bits per heavy atom. The highest BCUT2D eigenvalue weighted by Crippen LogP contribution is 2.52. The van der Waals surface area contributed by atoms with Crippen molar-refractivity contribution in [2.45, 2.75) is 76.3 Å². The summed E-state index contributed by atoms with van der Waals surface area (Å²) >= 11 is 0. The smallest absolute Gasteiger partial charge is 0.270 e.